The Hall–Kier alpha value is -1.85. The van der Waals surface area contributed by atoms with E-state index in [9.17, 15) is 9.59 Å². The molecular formula is C11H14N2O4. The van der Waals surface area contributed by atoms with Gasteiger partial charge in [-0.2, -0.15) is 4.98 Å². The van der Waals surface area contributed by atoms with E-state index in [1.807, 2.05) is 0 Å². The van der Waals surface area contributed by atoms with Crippen LogP contribution in [0.15, 0.2) is 10.7 Å². The fourth-order valence-corrected chi connectivity index (χ4v) is 2.11. The molecule has 1 aliphatic rings. The van der Waals surface area contributed by atoms with E-state index in [2.05, 4.69) is 4.98 Å². The highest BCUT2D eigenvalue weighted by Gasteiger charge is 2.39. The van der Waals surface area contributed by atoms with Crippen molar-refractivity contribution in [3.8, 4) is 0 Å². The van der Waals surface area contributed by atoms with Gasteiger partial charge in [0.25, 0.3) is 0 Å². The zero-order valence-electron chi connectivity index (χ0n) is 9.71. The van der Waals surface area contributed by atoms with Gasteiger partial charge in [0.05, 0.1) is 17.7 Å². The third-order valence-electron chi connectivity index (χ3n) is 3.06. The zero-order valence-corrected chi connectivity index (χ0v) is 9.71. The summed E-state index contributed by atoms with van der Waals surface area (Å²) in [5, 5.41) is 9.08. The number of hydrogen-bond acceptors (Lipinski definition) is 4. The van der Waals surface area contributed by atoms with Crippen molar-refractivity contribution in [3.63, 3.8) is 0 Å². The van der Waals surface area contributed by atoms with E-state index >= 15 is 0 Å². The third-order valence-corrected chi connectivity index (χ3v) is 3.06. The number of aryl methyl sites for hydroxylation is 1. The fraction of sp³-hybridized carbons (Fsp3) is 0.545. The van der Waals surface area contributed by atoms with Crippen LogP contribution in [0, 0.1) is 12.8 Å². The second kappa shape index (κ2) is 4.20. The van der Waals surface area contributed by atoms with Crippen LogP contribution in [0.1, 0.15) is 25.5 Å². The molecule has 6 nitrogen and oxygen atoms in total. The molecule has 0 bridgehead atoms. The molecule has 0 radical (unpaired) electrons. The van der Waals surface area contributed by atoms with Crippen molar-refractivity contribution >= 4 is 17.9 Å². The number of carboxylic acids is 1. The average Bonchev–Trinajstić information content (AvgIpc) is 2.64. The Morgan fingerprint density at radius 1 is 1.65 bits per heavy atom. The van der Waals surface area contributed by atoms with E-state index in [0.717, 1.165) is 0 Å². The van der Waals surface area contributed by atoms with Crippen LogP contribution in [0.5, 0.6) is 0 Å². The molecule has 92 valence electrons. The number of nitrogens with zero attached hydrogens (tertiary/aromatic N) is 2. The molecule has 2 heterocycles. The molecule has 17 heavy (non-hydrogen) atoms. The van der Waals surface area contributed by atoms with E-state index < -0.39 is 17.9 Å². The number of carbonyl (C=O) groups is 2. The zero-order chi connectivity index (χ0) is 12.6. The number of rotatable bonds is 2. The van der Waals surface area contributed by atoms with Gasteiger partial charge in [-0.25, -0.2) is 0 Å². The molecule has 0 saturated carbocycles. The molecule has 0 aliphatic carbocycles. The summed E-state index contributed by atoms with van der Waals surface area (Å²) in [5.41, 5.74) is 0.664. The van der Waals surface area contributed by atoms with Crippen molar-refractivity contribution < 1.29 is 19.1 Å². The summed E-state index contributed by atoms with van der Waals surface area (Å²) in [6, 6.07) is -0.252. The summed E-state index contributed by atoms with van der Waals surface area (Å²) < 4.78 is 5.17. The van der Waals surface area contributed by atoms with Gasteiger partial charge in [0.2, 0.25) is 5.91 Å². The van der Waals surface area contributed by atoms with Gasteiger partial charge in [0.15, 0.2) is 0 Å². The number of oxazole rings is 1. The van der Waals surface area contributed by atoms with Crippen LogP contribution < -0.4 is 4.90 Å². The van der Waals surface area contributed by atoms with Crippen LogP contribution in [0.2, 0.25) is 0 Å². The standard InChI is InChI=1S/C11H14N2O4/c1-6-5-17-11(12-6)13-7(2)8(10(15)16)3-4-9(13)14/h5,7-8H,3-4H2,1-2H3,(H,15,16)/t7-,8+/m1/s1. The number of carboxylic acid groups (broad SMARTS) is 1. The van der Waals surface area contributed by atoms with E-state index in [-0.39, 0.29) is 18.3 Å². The molecule has 1 N–H and O–H groups in total. The Bertz CT molecular complexity index is 454. The van der Waals surface area contributed by atoms with Crippen LogP contribution in [0.4, 0.5) is 6.01 Å². The van der Waals surface area contributed by atoms with Gasteiger partial charge in [-0.1, -0.05) is 0 Å². The Labute approximate surface area is 98.2 Å². The number of aromatic nitrogens is 1. The van der Waals surface area contributed by atoms with Crippen molar-refractivity contribution in [1.82, 2.24) is 4.98 Å². The minimum absolute atomic E-state index is 0.142. The van der Waals surface area contributed by atoms with E-state index in [1.165, 1.54) is 11.2 Å². The molecule has 0 aromatic carbocycles. The van der Waals surface area contributed by atoms with Crippen molar-refractivity contribution in [2.45, 2.75) is 32.7 Å². The van der Waals surface area contributed by atoms with Crippen LogP contribution in [0.3, 0.4) is 0 Å². The number of aliphatic carboxylic acids is 1. The lowest BCUT2D eigenvalue weighted by atomic mass is 9.90. The fourth-order valence-electron chi connectivity index (χ4n) is 2.11. The second-order valence-corrected chi connectivity index (χ2v) is 4.26. The lowest BCUT2D eigenvalue weighted by Crippen LogP contribution is -2.49. The SMILES string of the molecule is Cc1coc(N2C(=O)CC[C@H](C(=O)O)[C@H]2C)n1. The molecule has 0 spiro atoms. The predicted molar refractivity (Wildman–Crippen MR) is 58.5 cm³/mol. The molecular weight excluding hydrogens is 224 g/mol. The predicted octanol–water partition coefficient (Wildman–Crippen LogP) is 1.20. The first kappa shape index (κ1) is 11.6. The van der Waals surface area contributed by atoms with Crippen molar-refractivity contribution in [2.75, 3.05) is 4.90 Å². The molecule has 1 saturated heterocycles. The van der Waals surface area contributed by atoms with E-state index in [1.54, 1.807) is 13.8 Å². The maximum atomic E-state index is 11.8. The average molecular weight is 238 g/mol. The van der Waals surface area contributed by atoms with Gasteiger partial charge < -0.3 is 9.52 Å². The van der Waals surface area contributed by atoms with Gasteiger partial charge in [0.1, 0.15) is 6.26 Å². The lowest BCUT2D eigenvalue weighted by molar-refractivity contribution is -0.143. The molecule has 1 aromatic rings. The topological polar surface area (TPSA) is 83.6 Å². The summed E-state index contributed by atoms with van der Waals surface area (Å²) in [7, 11) is 0. The molecule has 2 rings (SSSR count). The second-order valence-electron chi connectivity index (χ2n) is 4.26. The summed E-state index contributed by atoms with van der Waals surface area (Å²) >= 11 is 0. The highest BCUT2D eigenvalue weighted by atomic mass is 16.4. The highest BCUT2D eigenvalue weighted by Crippen LogP contribution is 2.29. The summed E-state index contributed by atoms with van der Waals surface area (Å²) in [5.74, 6) is -1.60. The summed E-state index contributed by atoms with van der Waals surface area (Å²) in [4.78, 5) is 28.3. The largest absolute Gasteiger partial charge is 0.481 e. The van der Waals surface area contributed by atoms with Crippen molar-refractivity contribution in [1.29, 1.82) is 0 Å². The van der Waals surface area contributed by atoms with Gasteiger partial charge in [0, 0.05) is 6.42 Å². The Kier molecular flexibility index (Phi) is 2.87. The first-order chi connectivity index (χ1) is 8.00. The molecule has 1 aliphatic heterocycles. The van der Waals surface area contributed by atoms with Gasteiger partial charge in [-0.05, 0) is 20.3 Å². The molecule has 1 amide bonds. The number of hydrogen-bond donors (Lipinski definition) is 1. The normalized spacial score (nSPS) is 25.1. The Morgan fingerprint density at radius 2 is 2.35 bits per heavy atom. The minimum atomic E-state index is -0.890. The Balaban J connectivity index is 2.30. The van der Waals surface area contributed by atoms with E-state index in [4.69, 9.17) is 9.52 Å². The van der Waals surface area contributed by atoms with Crippen LogP contribution in [-0.4, -0.2) is 28.0 Å². The molecule has 1 fully saturated rings. The van der Waals surface area contributed by atoms with Crippen LogP contribution in [-0.2, 0) is 9.59 Å². The number of amides is 1. The number of piperidine rings is 1. The molecule has 2 atom stereocenters. The lowest BCUT2D eigenvalue weighted by Gasteiger charge is -2.34. The summed E-state index contributed by atoms with van der Waals surface area (Å²) in [6.45, 7) is 3.45. The first-order valence-electron chi connectivity index (χ1n) is 5.47. The maximum Gasteiger partial charge on any atom is 0.308 e. The minimum Gasteiger partial charge on any atom is -0.481 e. The quantitative estimate of drug-likeness (QED) is 0.836. The number of carbonyl (C=O) groups excluding carboxylic acids is 1. The maximum absolute atomic E-state index is 11.8. The Morgan fingerprint density at radius 3 is 2.88 bits per heavy atom. The van der Waals surface area contributed by atoms with Gasteiger partial charge in [-0.3, -0.25) is 14.5 Å². The summed E-state index contributed by atoms with van der Waals surface area (Å²) in [6.07, 6.45) is 2.02. The van der Waals surface area contributed by atoms with Crippen LogP contribution in [0.25, 0.3) is 0 Å². The van der Waals surface area contributed by atoms with Crippen molar-refractivity contribution in [2.24, 2.45) is 5.92 Å². The molecule has 6 heteroatoms. The molecule has 1 aromatic heterocycles. The van der Waals surface area contributed by atoms with Crippen LogP contribution >= 0.6 is 0 Å². The number of anilines is 1. The first-order valence-corrected chi connectivity index (χ1v) is 5.47. The van der Waals surface area contributed by atoms with Gasteiger partial charge >= 0.3 is 12.0 Å². The highest BCUT2D eigenvalue weighted by molar-refractivity contribution is 5.94. The third kappa shape index (κ3) is 2.02. The smallest absolute Gasteiger partial charge is 0.308 e. The monoisotopic (exact) mass is 238 g/mol. The van der Waals surface area contributed by atoms with Gasteiger partial charge in [-0.15, -0.1) is 0 Å². The van der Waals surface area contributed by atoms with Crippen molar-refractivity contribution in [3.05, 3.63) is 12.0 Å². The molecule has 0 unspecified atom stereocenters. The van der Waals surface area contributed by atoms with E-state index in [0.29, 0.717) is 12.1 Å².